The van der Waals surface area contributed by atoms with E-state index in [0.29, 0.717) is 5.69 Å². The molecular weight excluding hydrogens is 223 g/mol. The Morgan fingerprint density at radius 1 is 1.29 bits per heavy atom. The lowest BCUT2D eigenvalue weighted by atomic mass is 10.2. The van der Waals surface area contributed by atoms with Crippen molar-refractivity contribution >= 4 is 30.5 Å². The first kappa shape index (κ1) is 15.8. The van der Waals surface area contributed by atoms with Crippen LogP contribution in [0.4, 0.5) is 5.69 Å². The molecule has 0 heterocycles. The summed E-state index contributed by atoms with van der Waals surface area (Å²) >= 11 is 0. The van der Waals surface area contributed by atoms with Crippen LogP contribution in [0, 0.1) is 0 Å². The third-order valence-corrected chi connectivity index (χ3v) is 1.60. The van der Waals surface area contributed by atoms with E-state index in [0.717, 1.165) is 12.1 Å². The Morgan fingerprint density at radius 3 is 2.29 bits per heavy atom. The Morgan fingerprint density at radius 2 is 1.86 bits per heavy atom. The van der Waals surface area contributed by atoms with Gasteiger partial charge in [-0.25, -0.2) is 0 Å². The highest BCUT2D eigenvalue weighted by Gasteiger charge is 2.01. The number of benzene rings is 1. The maximum Gasteiger partial charge on any atom is 0.122 e. The number of hydrogen-bond donors (Lipinski definition) is 2. The van der Waals surface area contributed by atoms with Crippen LogP contribution in [0.5, 0.6) is 5.75 Å². The molecule has 1 aromatic rings. The Kier molecular flexibility index (Phi) is 7.64. The monoisotopic (exact) mass is 238 g/mol. The Hall–Kier alpha value is -0.640. The first-order valence-corrected chi connectivity index (χ1v) is 3.81. The number of nitrogens with zero attached hydrogens (tertiary/aromatic N) is 1. The summed E-state index contributed by atoms with van der Waals surface area (Å²) in [5.74, 6) is 0.267. The van der Waals surface area contributed by atoms with Crippen molar-refractivity contribution in [3.05, 3.63) is 23.8 Å². The SMILES string of the molecule is CN(C)Cc1ccc(N)cc1O.Cl.Cl. The molecule has 0 aliphatic carbocycles. The predicted octanol–water partition coefficient (Wildman–Crippen LogP) is 1.88. The van der Waals surface area contributed by atoms with Crippen LogP contribution in [0.2, 0.25) is 0 Å². The van der Waals surface area contributed by atoms with Crippen molar-refractivity contribution < 1.29 is 5.11 Å². The number of halogens is 2. The van der Waals surface area contributed by atoms with E-state index in [1.54, 1.807) is 12.1 Å². The molecule has 0 saturated carbocycles. The highest BCUT2D eigenvalue weighted by atomic mass is 35.5. The van der Waals surface area contributed by atoms with Crippen molar-refractivity contribution in [1.82, 2.24) is 4.90 Å². The average Bonchev–Trinajstić information content (AvgIpc) is 1.94. The van der Waals surface area contributed by atoms with E-state index in [9.17, 15) is 5.11 Å². The lowest BCUT2D eigenvalue weighted by molar-refractivity contribution is 0.386. The number of aromatic hydroxyl groups is 1. The second kappa shape index (κ2) is 6.76. The summed E-state index contributed by atoms with van der Waals surface area (Å²) in [5.41, 5.74) is 6.97. The maximum absolute atomic E-state index is 9.43. The lowest BCUT2D eigenvalue weighted by Gasteiger charge is -2.11. The molecule has 0 aromatic heterocycles. The molecule has 0 aliphatic heterocycles. The van der Waals surface area contributed by atoms with Gasteiger partial charge in [-0.15, -0.1) is 24.8 Å². The molecule has 0 unspecified atom stereocenters. The normalized spacial score (nSPS) is 9.07. The van der Waals surface area contributed by atoms with Crippen molar-refractivity contribution in [2.75, 3.05) is 19.8 Å². The highest BCUT2D eigenvalue weighted by Crippen LogP contribution is 2.20. The number of anilines is 1. The fraction of sp³-hybridized carbons (Fsp3) is 0.333. The maximum atomic E-state index is 9.43. The summed E-state index contributed by atoms with van der Waals surface area (Å²) in [4.78, 5) is 1.99. The summed E-state index contributed by atoms with van der Waals surface area (Å²) in [5, 5.41) is 9.43. The number of nitrogen functional groups attached to an aromatic ring is 1. The molecule has 3 N–H and O–H groups in total. The molecule has 0 saturated heterocycles. The van der Waals surface area contributed by atoms with Crippen molar-refractivity contribution in [3.63, 3.8) is 0 Å². The smallest absolute Gasteiger partial charge is 0.122 e. The molecule has 0 aliphatic rings. The molecule has 0 spiro atoms. The minimum atomic E-state index is 0. The third-order valence-electron chi connectivity index (χ3n) is 1.60. The van der Waals surface area contributed by atoms with E-state index in [4.69, 9.17) is 5.73 Å². The first-order valence-electron chi connectivity index (χ1n) is 3.81. The van der Waals surface area contributed by atoms with Crippen LogP contribution in [0.15, 0.2) is 18.2 Å². The van der Waals surface area contributed by atoms with Crippen LogP contribution in [0.25, 0.3) is 0 Å². The fourth-order valence-electron chi connectivity index (χ4n) is 1.06. The summed E-state index contributed by atoms with van der Waals surface area (Å²) in [6.07, 6.45) is 0. The van der Waals surface area contributed by atoms with E-state index in [1.807, 2.05) is 25.1 Å². The number of nitrogens with two attached hydrogens (primary N) is 1. The van der Waals surface area contributed by atoms with Gasteiger partial charge < -0.3 is 15.7 Å². The Balaban J connectivity index is 0. The zero-order valence-corrected chi connectivity index (χ0v) is 9.86. The second-order valence-electron chi connectivity index (χ2n) is 3.13. The molecule has 0 fully saturated rings. The van der Waals surface area contributed by atoms with Gasteiger partial charge in [0.2, 0.25) is 0 Å². The molecule has 1 aromatic carbocycles. The Bertz CT molecular complexity index is 280. The number of phenolic OH excluding ortho intramolecular Hbond substituents is 1. The van der Waals surface area contributed by atoms with E-state index in [-0.39, 0.29) is 30.6 Å². The van der Waals surface area contributed by atoms with Gasteiger partial charge in [0, 0.05) is 23.9 Å². The summed E-state index contributed by atoms with van der Waals surface area (Å²) in [6, 6.07) is 5.20. The molecule has 82 valence electrons. The molecule has 0 bridgehead atoms. The Labute approximate surface area is 96.7 Å². The minimum Gasteiger partial charge on any atom is -0.508 e. The number of hydrogen-bond acceptors (Lipinski definition) is 3. The standard InChI is InChI=1S/C9H14N2O.2ClH/c1-11(2)6-7-3-4-8(10)5-9(7)12;;/h3-5,12H,6,10H2,1-2H3;2*1H. The van der Waals surface area contributed by atoms with Gasteiger partial charge in [-0.05, 0) is 20.2 Å². The minimum absolute atomic E-state index is 0. The van der Waals surface area contributed by atoms with Gasteiger partial charge in [0.1, 0.15) is 5.75 Å². The molecule has 14 heavy (non-hydrogen) atoms. The van der Waals surface area contributed by atoms with Gasteiger partial charge in [-0.2, -0.15) is 0 Å². The van der Waals surface area contributed by atoms with Crippen LogP contribution in [0.3, 0.4) is 0 Å². The first-order chi connectivity index (χ1) is 5.59. The molecule has 0 amide bonds. The highest BCUT2D eigenvalue weighted by molar-refractivity contribution is 5.85. The molecule has 0 atom stereocenters. The van der Waals surface area contributed by atoms with Gasteiger partial charge >= 0.3 is 0 Å². The fourth-order valence-corrected chi connectivity index (χ4v) is 1.06. The zero-order valence-electron chi connectivity index (χ0n) is 8.23. The topological polar surface area (TPSA) is 49.5 Å². The summed E-state index contributed by atoms with van der Waals surface area (Å²) in [7, 11) is 3.91. The lowest BCUT2D eigenvalue weighted by Crippen LogP contribution is -2.10. The predicted molar refractivity (Wildman–Crippen MR) is 64.4 cm³/mol. The van der Waals surface area contributed by atoms with Crippen molar-refractivity contribution in [2.45, 2.75) is 6.54 Å². The number of phenols is 1. The molecule has 0 radical (unpaired) electrons. The van der Waals surface area contributed by atoms with E-state index in [2.05, 4.69) is 0 Å². The largest absolute Gasteiger partial charge is 0.508 e. The molecular formula is C9H16Cl2N2O. The van der Waals surface area contributed by atoms with Crippen molar-refractivity contribution in [1.29, 1.82) is 0 Å². The molecule has 5 heteroatoms. The average molecular weight is 239 g/mol. The van der Waals surface area contributed by atoms with E-state index >= 15 is 0 Å². The van der Waals surface area contributed by atoms with Gasteiger partial charge in [0.25, 0.3) is 0 Å². The van der Waals surface area contributed by atoms with Crippen LogP contribution >= 0.6 is 24.8 Å². The van der Waals surface area contributed by atoms with Crippen molar-refractivity contribution in [2.24, 2.45) is 0 Å². The van der Waals surface area contributed by atoms with Crippen molar-refractivity contribution in [3.8, 4) is 5.75 Å². The second-order valence-corrected chi connectivity index (χ2v) is 3.13. The van der Waals surface area contributed by atoms with Gasteiger partial charge in [-0.1, -0.05) is 6.07 Å². The van der Waals surface area contributed by atoms with Crippen LogP contribution in [-0.4, -0.2) is 24.1 Å². The summed E-state index contributed by atoms with van der Waals surface area (Å²) in [6.45, 7) is 0.728. The van der Waals surface area contributed by atoms with Crippen LogP contribution < -0.4 is 5.73 Å². The van der Waals surface area contributed by atoms with Crippen LogP contribution in [0.1, 0.15) is 5.56 Å². The van der Waals surface area contributed by atoms with Gasteiger partial charge in [0.05, 0.1) is 0 Å². The zero-order chi connectivity index (χ0) is 9.14. The summed E-state index contributed by atoms with van der Waals surface area (Å²) < 4.78 is 0. The van der Waals surface area contributed by atoms with E-state index < -0.39 is 0 Å². The third kappa shape index (κ3) is 4.56. The van der Waals surface area contributed by atoms with Gasteiger partial charge in [0.15, 0.2) is 0 Å². The quantitative estimate of drug-likeness (QED) is 0.774. The molecule has 3 nitrogen and oxygen atoms in total. The molecule has 1 rings (SSSR count). The van der Waals surface area contributed by atoms with Crippen LogP contribution in [-0.2, 0) is 6.54 Å². The van der Waals surface area contributed by atoms with E-state index in [1.165, 1.54) is 0 Å². The van der Waals surface area contributed by atoms with Gasteiger partial charge in [-0.3, -0.25) is 0 Å². The number of rotatable bonds is 2.